The number of H-pyrrole nitrogens is 2. The molecule has 2 unspecified atom stereocenters. The molecular weight excluding hydrogens is 876 g/mol. The van der Waals surface area contributed by atoms with E-state index in [0.29, 0.717) is 68.2 Å². The van der Waals surface area contributed by atoms with Crippen LogP contribution in [0.5, 0.6) is 5.75 Å². The van der Waals surface area contributed by atoms with E-state index < -0.39 is 30.0 Å². The summed E-state index contributed by atoms with van der Waals surface area (Å²) in [6.45, 7) is 1.86. The number of rotatable bonds is 11. The van der Waals surface area contributed by atoms with Gasteiger partial charge in [-0.05, 0) is 97.5 Å². The van der Waals surface area contributed by atoms with Gasteiger partial charge in [0.25, 0.3) is 17.7 Å². The van der Waals surface area contributed by atoms with E-state index in [1.807, 2.05) is 41.3 Å². The second kappa shape index (κ2) is 16.5. The molecule has 2 aliphatic carbocycles. The summed E-state index contributed by atoms with van der Waals surface area (Å²) in [7, 11) is 0. The second-order valence-corrected chi connectivity index (χ2v) is 16.8. The van der Waals surface area contributed by atoms with Gasteiger partial charge in [0.2, 0.25) is 11.6 Å². The number of benzene rings is 3. The van der Waals surface area contributed by atoms with Crippen molar-refractivity contribution < 1.29 is 50.8 Å². The number of fused-ring (bicyclic) bond motifs is 6. The number of ether oxygens (including phenoxy) is 3. The molecule has 340 valence electrons. The molecular formula is C47H38F3N9O8. The largest absolute Gasteiger partial charge is 0.573 e. The quantitative estimate of drug-likeness (QED) is 0.0827. The van der Waals surface area contributed by atoms with Crippen LogP contribution in [0.2, 0.25) is 0 Å². The third kappa shape index (κ3) is 8.23. The maximum atomic E-state index is 13.3. The van der Waals surface area contributed by atoms with E-state index in [1.54, 1.807) is 12.1 Å². The number of nitrogens with zero attached hydrogens (tertiary/aromatic N) is 6. The molecule has 17 nitrogen and oxygen atoms in total. The lowest BCUT2D eigenvalue weighted by molar-refractivity contribution is -0.274. The molecule has 0 spiro atoms. The smallest absolute Gasteiger partial charge is 0.406 e. The Morgan fingerprint density at radius 2 is 1.30 bits per heavy atom. The van der Waals surface area contributed by atoms with Crippen LogP contribution >= 0.6 is 0 Å². The van der Waals surface area contributed by atoms with Crippen LogP contribution in [0.3, 0.4) is 0 Å². The van der Waals surface area contributed by atoms with E-state index in [9.17, 15) is 27.6 Å². The number of halogens is 3. The first kappa shape index (κ1) is 41.8. The van der Waals surface area contributed by atoms with E-state index in [1.165, 1.54) is 24.4 Å². The molecule has 0 saturated carbocycles. The molecule has 0 radical (unpaired) electrons. The number of pyridine rings is 1. The molecule has 3 aromatic carbocycles. The number of hydrogen-bond acceptors (Lipinski definition) is 14. The summed E-state index contributed by atoms with van der Waals surface area (Å²) in [4.78, 5) is 59.8. The lowest BCUT2D eigenvalue weighted by atomic mass is 10.0. The number of carbonyl (C=O) groups excluding carboxylic acids is 3. The highest BCUT2D eigenvalue weighted by molar-refractivity contribution is 5.93. The van der Waals surface area contributed by atoms with Gasteiger partial charge in [0, 0.05) is 92.8 Å². The molecule has 4 N–H and O–H groups in total. The molecule has 5 aromatic heterocycles. The summed E-state index contributed by atoms with van der Waals surface area (Å²) in [5.74, 6) is -1.69. The number of amides is 1. The third-order valence-corrected chi connectivity index (χ3v) is 12.6. The Bertz CT molecular complexity index is 3240. The maximum absolute atomic E-state index is 13.3. The Kier molecular flexibility index (Phi) is 10.3. The monoisotopic (exact) mass is 913 g/mol. The fraction of sp³-hybridized carbons (Fsp3) is 0.277. The second-order valence-electron chi connectivity index (χ2n) is 16.8. The van der Waals surface area contributed by atoms with Gasteiger partial charge >= 0.3 is 18.3 Å². The fourth-order valence-corrected chi connectivity index (χ4v) is 9.48. The van der Waals surface area contributed by atoms with E-state index in [0.717, 1.165) is 56.3 Å². The first-order chi connectivity index (χ1) is 32.4. The predicted octanol–water partition coefficient (Wildman–Crippen LogP) is 7.92. The fourth-order valence-electron chi connectivity index (χ4n) is 9.48. The van der Waals surface area contributed by atoms with Crippen LogP contribution in [0, 0.1) is 0 Å². The van der Waals surface area contributed by atoms with Gasteiger partial charge in [-0.15, -0.1) is 13.2 Å². The van der Waals surface area contributed by atoms with Crippen LogP contribution in [0.1, 0.15) is 70.5 Å². The van der Waals surface area contributed by atoms with E-state index in [4.69, 9.17) is 24.3 Å². The number of nitrogens with two attached hydrogens (primary N) is 1. The standard InChI is InChI=1S/C47H38F3N9O8/c48-47(49,50)65-30-16-28(15-29(21-30)59-11-13-63-14-12-59)46-56-44(58-67-46)26-4-9-36-34(18-26)32-7-2-24(41(32)54-36)20-39(61)64-38(60)19-23-1-6-31-33-17-25(3-8-35(33)53-40(23)31)43-55-45(66-57-43)27-5-10-37(42(51)62)52-22-27/h3-5,8-10,15-18,21-24,53-54H,1-2,6-7,11-14,19-20H2,(H2,51,62). The molecule has 1 fully saturated rings. The van der Waals surface area contributed by atoms with Gasteiger partial charge in [-0.2, -0.15) is 9.97 Å². The number of aromatic nitrogens is 7. The van der Waals surface area contributed by atoms with Gasteiger partial charge in [0.1, 0.15) is 11.4 Å². The van der Waals surface area contributed by atoms with Gasteiger partial charge in [0.05, 0.1) is 31.6 Å². The van der Waals surface area contributed by atoms with Crippen LogP contribution < -0.4 is 15.4 Å². The Hall–Kier alpha value is -7.87. The Morgan fingerprint density at radius 3 is 1.84 bits per heavy atom. The zero-order chi connectivity index (χ0) is 46.0. The highest BCUT2D eigenvalue weighted by Crippen LogP contribution is 2.43. The third-order valence-electron chi connectivity index (χ3n) is 12.6. The van der Waals surface area contributed by atoms with Gasteiger partial charge in [0.15, 0.2) is 0 Å². The molecule has 11 rings (SSSR count). The molecule has 0 bridgehead atoms. The topological polar surface area (TPSA) is 230 Å². The summed E-state index contributed by atoms with van der Waals surface area (Å²) in [5.41, 5.74) is 13.8. The van der Waals surface area contributed by atoms with E-state index in [-0.39, 0.29) is 53.5 Å². The van der Waals surface area contributed by atoms with Gasteiger partial charge in [-0.1, -0.05) is 10.3 Å². The summed E-state index contributed by atoms with van der Waals surface area (Å²) in [5, 5.41) is 10.2. The van der Waals surface area contributed by atoms with Crippen molar-refractivity contribution in [2.24, 2.45) is 5.73 Å². The van der Waals surface area contributed by atoms with Crippen molar-refractivity contribution in [2.75, 3.05) is 31.2 Å². The number of morpholine rings is 1. The van der Waals surface area contributed by atoms with Crippen molar-refractivity contribution in [3.63, 3.8) is 0 Å². The first-order valence-corrected chi connectivity index (χ1v) is 21.6. The Morgan fingerprint density at radius 1 is 0.731 bits per heavy atom. The molecule has 1 amide bonds. The van der Waals surface area contributed by atoms with Crippen molar-refractivity contribution in [3.8, 4) is 51.4 Å². The van der Waals surface area contributed by atoms with Crippen molar-refractivity contribution >= 4 is 45.3 Å². The molecule has 6 heterocycles. The minimum absolute atomic E-state index is 0.0221. The molecule has 8 aromatic rings. The lowest BCUT2D eigenvalue weighted by Crippen LogP contribution is -2.36. The zero-order valence-corrected chi connectivity index (χ0v) is 35.3. The minimum Gasteiger partial charge on any atom is -0.406 e. The van der Waals surface area contributed by atoms with Gasteiger partial charge in [-0.3, -0.25) is 19.4 Å². The summed E-state index contributed by atoms with van der Waals surface area (Å²) >= 11 is 0. The average molecular weight is 914 g/mol. The van der Waals surface area contributed by atoms with Gasteiger partial charge in [-0.25, -0.2) is 0 Å². The van der Waals surface area contributed by atoms with Crippen LogP contribution in [0.25, 0.3) is 67.5 Å². The highest BCUT2D eigenvalue weighted by atomic mass is 19.4. The maximum Gasteiger partial charge on any atom is 0.573 e. The number of aromatic amines is 2. The van der Waals surface area contributed by atoms with E-state index >= 15 is 0 Å². The van der Waals surface area contributed by atoms with Crippen LogP contribution in [-0.2, 0) is 31.9 Å². The first-order valence-electron chi connectivity index (χ1n) is 21.6. The van der Waals surface area contributed by atoms with Crippen LogP contribution in [0.15, 0.2) is 82.0 Å². The molecule has 2 atom stereocenters. The van der Waals surface area contributed by atoms with Crippen molar-refractivity contribution in [3.05, 3.63) is 101 Å². The average Bonchev–Trinajstić information content (AvgIpc) is 4.18. The number of aryl methyl sites for hydroxylation is 2. The van der Waals surface area contributed by atoms with E-state index in [2.05, 4.69) is 40.0 Å². The summed E-state index contributed by atoms with van der Waals surface area (Å²) in [6, 6.07) is 18.7. The van der Waals surface area contributed by atoms with Crippen LogP contribution in [-0.4, -0.2) is 85.7 Å². The molecule has 3 aliphatic rings. The molecule has 1 aliphatic heterocycles. The van der Waals surface area contributed by atoms with Crippen LogP contribution in [0.4, 0.5) is 18.9 Å². The Balaban J connectivity index is 0.739. The molecule has 1 saturated heterocycles. The number of hydrogen-bond donors (Lipinski definition) is 3. The van der Waals surface area contributed by atoms with Gasteiger partial charge < -0.3 is 43.9 Å². The SMILES string of the molecule is NC(=O)c1ccc(-c2nc(-c3ccc4[nH]c5c(c4c3)CCC5CC(=O)OC(=O)CC3CCc4c3[nH]c3ccc(-c5noc(-c6cc(OC(F)(F)F)cc(N7CCOCC7)c6)n5)cc43)no2)cn1. The number of esters is 2. The molecule has 67 heavy (non-hydrogen) atoms. The van der Waals surface area contributed by atoms with Crippen molar-refractivity contribution in [1.29, 1.82) is 0 Å². The number of primary amides is 1. The predicted molar refractivity (Wildman–Crippen MR) is 233 cm³/mol. The number of alkyl halides is 3. The summed E-state index contributed by atoms with van der Waals surface area (Å²) < 4.78 is 66.0. The highest BCUT2D eigenvalue weighted by Gasteiger charge is 2.34. The lowest BCUT2D eigenvalue weighted by Gasteiger charge is -2.29. The van der Waals surface area contributed by atoms with Crippen molar-refractivity contribution in [2.45, 2.75) is 56.7 Å². The number of carbonyl (C=O) groups is 3. The normalized spacial score (nSPS) is 17.0. The zero-order valence-electron chi connectivity index (χ0n) is 35.3. The minimum atomic E-state index is -4.89. The molecule has 20 heteroatoms. The van der Waals surface area contributed by atoms with Crippen molar-refractivity contribution in [1.82, 2.24) is 35.2 Å². The number of anilines is 1. The number of nitrogens with one attached hydrogen (secondary N) is 2. The Labute approximate surface area is 376 Å². The summed E-state index contributed by atoms with van der Waals surface area (Å²) in [6.07, 6.45) is -0.593.